The third-order valence-electron chi connectivity index (χ3n) is 4.44. The van der Waals surface area contributed by atoms with Crippen LogP contribution in [0.3, 0.4) is 0 Å². The Morgan fingerprint density at radius 1 is 1.40 bits per heavy atom. The SMILES string of the molecule is COc1ccc(C(=O)O)cc1NC1CN2CCC1CC2. The number of nitrogens with zero attached hydrogens (tertiary/aromatic N) is 1. The lowest BCUT2D eigenvalue weighted by Gasteiger charge is -2.45. The van der Waals surface area contributed by atoms with Crippen LogP contribution in [0.5, 0.6) is 5.75 Å². The Balaban J connectivity index is 1.82. The van der Waals surface area contributed by atoms with Crippen LogP contribution < -0.4 is 10.1 Å². The fourth-order valence-corrected chi connectivity index (χ4v) is 3.28. The highest BCUT2D eigenvalue weighted by Gasteiger charge is 2.34. The van der Waals surface area contributed by atoms with Gasteiger partial charge < -0.3 is 20.1 Å². The summed E-state index contributed by atoms with van der Waals surface area (Å²) in [6, 6.07) is 5.34. The number of carbonyl (C=O) groups is 1. The van der Waals surface area contributed by atoms with E-state index in [1.165, 1.54) is 25.9 Å². The van der Waals surface area contributed by atoms with E-state index in [4.69, 9.17) is 9.84 Å². The molecule has 20 heavy (non-hydrogen) atoms. The van der Waals surface area contributed by atoms with Gasteiger partial charge in [0.2, 0.25) is 0 Å². The molecule has 3 heterocycles. The fourth-order valence-electron chi connectivity index (χ4n) is 3.28. The molecule has 3 aliphatic rings. The Hall–Kier alpha value is -1.75. The van der Waals surface area contributed by atoms with Gasteiger partial charge in [-0.15, -0.1) is 0 Å². The van der Waals surface area contributed by atoms with Gasteiger partial charge in [0.05, 0.1) is 18.4 Å². The molecule has 3 fully saturated rings. The summed E-state index contributed by atoms with van der Waals surface area (Å²) in [5.41, 5.74) is 1.07. The zero-order valence-corrected chi connectivity index (χ0v) is 11.6. The zero-order valence-electron chi connectivity index (χ0n) is 11.6. The highest BCUT2D eigenvalue weighted by Crippen LogP contribution is 2.33. The van der Waals surface area contributed by atoms with E-state index in [0.717, 1.165) is 12.2 Å². The zero-order chi connectivity index (χ0) is 14.1. The molecule has 1 atom stereocenters. The number of benzene rings is 1. The van der Waals surface area contributed by atoms with E-state index in [0.29, 0.717) is 17.7 Å². The van der Waals surface area contributed by atoms with Crippen molar-refractivity contribution in [3.8, 4) is 5.75 Å². The Kier molecular flexibility index (Phi) is 3.53. The van der Waals surface area contributed by atoms with Gasteiger partial charge in [-0.25, -0.2) is 4.79 Å². The maximum Gasteiger partial charge on any atom is 0.335 e. The average Bonchev–Trinajstić information content (AvgIpc) is 2.48. The molecule has 1 unspecified atom stereocenters. The van der Waals surface area contributed by atoms with Crippen LogP contribution in [0.1, 0.15) is 23.2 Å². The lowest BCUT2D eigenvalue weighted by atomic mass is 9.84. The number of rotatable bonds is 4. The summed E-state index contributed by atoms with van der Waals surface area (Å²) in [7, 11) is 1.61. The number of methoxy groups -OCH3 is 1. The Bertz CT molecular complexity index is 510. The van der Waals surface area contributed by atoms with Crippen molar-refractivity contribution in [2.24, 2.45) is 5.92 Å². The van der Waals surface area contributed by atoms with Crippen LogP contribution in [0.15, 0.2) is 18.2 Å². The van der Waals surface area contributed by atoms with E-state index < -0.39 is 5.97 Å². The first-order valence-electron chi connectivity index (χ1n) is 7.07. The van der Waals surface area contributed by atoms with E-state index >= 15 is 0 Å². The number of hydrogen-bond acceptors (Lipinski definition) is 4. The number of aromatic carboxylic acids is 1. The molecule has 5 heteroatoms. The Morgan fingerprint density at radius 3 is 2.70 bits per heavy atom. The molecule has 0 spiro atoms. The van der Waals surface area contributed by atoms with Crippen molar-refractivity contribution in [2.75, 3.05) is 32.1 Å². The third-order valence-corrected chi connectivity index (χ3v) is 4.44. The molecule has 0 radical (unpaired) electrons. The number of anilines is 1. The summed E-state index contributed by atoms with van der Waals surface area (Å²) in [5, 5.41) is 12.6. The minimum absolute atomic E-state index is 0.287. The number of ether oxygens (including phenoxy) is 1. The first-order valence-corrected chi connectivity index (χ1v) is 7.07. The van der Waals surface area contributed by atoms with Gasteiger partial charge in [0.1, 0.15) is 5.75 Å². The van der Waals surface area contributed by atoms with Crippen LogP contribution in [0.4, 0.5) is 5.69 Å². The van der Waals surface area contributed by atoms with Gasteiger partial charge in [0.15, 0.2) is 0 Å². The van der Waals surface area contributed by atoms with Crippen LogP contribution in [-0.2, 0) is 0 Å². The minimum atomic E-state index is -0.912. The molecule has 4 rings (SSSR count). The predicted molar refractivity (Wildman–Crippen MR) is 76.5 cm³/mol. The van der Waals surface area contributed by atoms with Crippen molar-refractivity contribution in [3.63, 3.8) is 0 Å². The molecule has 0 amide bonds. The van der Waals surface area contributed by atoms with Gasteiger partial charge in [-0.1, -0.05) is 0 Å². The first-order chi connectivity index (χ1) is 9.67. The maximum absolute atomic E-state index is 11.1. The molecule has 108 valence electrons. The molecule has 3 saturated heterocycles. The summed E-state index contributed by atoms with van der Waals surface area (Å²) in [4.78, 5) is 13.6. The molecule has 5 nitrogen and oxygen atoms in total. The lowest BCUT2D eigenvalue weighted by molar-refractivity contribution is 0.0697. The monoisotopic (exact) mass is 276 g/mol. The second kappa shape index (κ2) is 5.32. The van der Waals surface area contributed by atoms with Crippen LogP contribution in [0.2, 0.25) is 0 Å². The topological polar surface area (TPSA) is 61.8 Å². The predicted octanol–water partition coefficient (Wildman–Crippen LogP) is 1.90. The summed E-state index contributed by atoms with van der Waals surface area (Å²) >= 11 is 0. The lowest BCUT2D eigenvalue weighted by Crippen LogP contribution is -2.53. The fraction of sp³-hybridized carbons (Fsp3) is 0.533. The van der Waals surface area contributed by atoms with Crippen LogP contribution >= 0.6 is 0 Å². The Morgan fingerprint density at radius 2 is 2.15 bits per heavy atom. The quantitative estimate of drug-likeness (QED) is 0.879. The molecule has 2 bridgehead atoms. The van der Waals surface area contributed by atoms with Gasteiger partial charge in [-0.2, -0.15) is 0 Å². The van der Waals surface area contributed by atoms with E-state index in [1.54, 1.807) is 25.3 Å². The summed E-state index contributed by atoms with van der Waals surface area (Å²) in [6.45, 7) is 3.41. The van der Waals surface area contributed by atoms with Crippen LogP contribution in [0.25, 0.3) is 0 Å². The maximum atomic E-state index is 11.1. The largest absolute Gasteiger partial charge is 0.495 e. The number of carboxylic acids is 1. The molecular weight excluding hydrogens is 256 g/mol. The van der Waals surface area contributed by atoms with Gasteiger partial charge in [0, 0.05) is 12.6 Å². The summed E-state index contributed by atoms with van der Waals surface area (Å²) in [5.74, 6) is 0.467. The van der Waals surface area contributed by atoms with E-state index in [2.05, 4.69) is 10.2 Å². The van der Waals surface area contributed by atoms with Crippen molar-refractivity contribution in [1.29, 1.82) is 0 Å². The third kappa shape index (κ3) is 2.45. The number of piperidine rings is 3. The Labute approximate surface area is 118 Å². The van der Waals surface area contributed by atoms with Crippen molar-refractivity contribution >= 4 is 11.7 Å². The van der Waals surface area contributed by atoms with Crippen LogP contribution in [-0.4, -0.2) is 48.8 Å². The van der Waals surface area contributed by atoms with Crippen molar-refractivity contribution in [1.82, 2.24) is 4.90 Å². The summed E-state index contributed by atoms with van der Waals surface area (Å²) < 4.78 is 5.33. The average molecular weight is 276 g/mol. The normalized spacial score (nSPS) is 28.1. The molecule has 0 saturated carbocycles. The van der Waals surface area contributed by atoms with Crippen molar-refractivity contribution in [2.45, 2.75) is 18.9 Å². The van der Waals surface area contributed by atoms with Crippen molar-refractivity contribution in [3.05, 3.63) is 23.8 Å². The highest BCUT2D eigenvalue weighted by atomic mass is 16.5. The molecule has 0 aliphatic carbocycles. The number of nitrogens with one attached hydrogen (secondary N) is 1. The van der Waals surface area contributed by atoms with E-state index in [9.17, 15) is 4.79 Å². The number of hydrogen-bond donors (Lipinski definition) is 2. The number of carboxylic acid groups (broad SMARTS) is 1. The van der Waals surface area contributed by atoms with Gasteiger partial charge in [-0.3, -0.25) is 0 Å². The minimum Gasteiger partial charge on any atom is -0.495 e. The molecule has 1 aromatic rings. The highest BCUT2D eigenvalue weighted by molar-refractivity contribution is 5.89. The molecule has 0 aromatic heterocycles. The first kappa shape index (κ1) is 13.2. The summed E-state index contributed by atoms with van der Waals surface area (Å²) in [6.07, 6.45) is 2.44. The molecule has 3 aliphatic heterocycles. The molecular formula is C15H20N2O3. The van der Waals surface area contributed by atoms with Gasteiger partial charge in [-0.05, 0) is 50.0 Å². The second-order valence-corrected chi connectivity index (χ2v) is 5.61. The van der Waals surface area contributed by atoms with E-state index in [1.807, 2.05) is 0 Å². The second-order valence-electron chi connectivity index (χ2n) is 5.61. The van der Waals surface area contributed by atoms with Gasteiger partial charge >= 0.3 is 5.97 Å². The number of fused-ring (bicyclic) bond motifs is 3. The van der Waals surface area contributed by atoms with Gasteiger partial charge in [0.25, 0.3) is 0 Å². The standard InChI is InChI=1S/C15H20N2O3/c1-20-14-3-2-11(15(18)19)8-12(14)16-13-9-17-6-4-10(13)5-7-17/h2-3,8,10,13,16H,4-7,9H2,1H3,(H,18,19). The van der Waals surface area contributed by atoms with E-state index in [-0.39, 0.29) is 5.56 Å². The molecule has 2 N–H and O–H groups in total. The van der Waals surface area contributed by atoms with Crippen LogP contribution in [0, 0.1) is 5.92 Å². The smallest absolute Gasteiger partial charge is 0.335 e. The van der Waals surface area contributed by atoms with Crippen molar-refractivity contribution < 1.29 is 14.6 Å². The molecule has 1 aromatic carbocycles.